The monoisotopic (exact) mass is 365 g/mol. The molecule has 0 fully saturated rings. The molecule has 0 spiro atoms. The molecule has 0 amide bonds. The van der Waals surface area contributed by atoms with E-state index in [-0.39, 0.29) is 17.5 Å². The van der Waals surface area contributed by atoms with Gasteiger partial charge in [0.25, 0.3) is 0 Å². The molecule has 1 aliphatic rings. The largest absolute Gasteiger partial charge is 0.495 e. The number of rotatable bonds is 6. The maximum atomic E-state index is 13.2. The van der Waals surface area contributed by atoms with Crippen molar-refractivity contribution < 1.29 is 17.9 Å². The van der Waals surface area contributed by atoms with Crippen LogP contribution in [0.3, 0.4) is 0 Å². The molecule has 2 heterocycles. The lowest BCUT2D eigenvalue weighted by Crippen LogP contribution is -2.42. The first-order valence-electron chi connectivity index (χ1n) is 8.20. The molecule has 0 aliphatic carbocycles. The van der Waals surface area contributed by atoms with E-state index in [4.69, 9.17) is 9.47 Å². The molecule has 0 bridgehead atoms. The molecule has 7 nitrogen and oxygen atoms in total. The van der Waals surface area contributed by atoms with Crippen molar-refractivity contribution in [3.63, 3.8) is 0 Å². The van der Waals surface area contributed by atoms with Gasteiger partial charge in [0.15, 0.2) is 0 Å². The number of fused-ring (bicyclic) bond motifs is 1. The molecule has 1 unspecified atom stereocenters. The minimum Gasteiger partial charge on any atom is -0.495 e. The quantitative estimate of drug-likeness (QED) is 0.783. The predicted molar refractivity (Wildman–Crippen MR) is 93.1 cm³/mol. The van der Waals surface area contributed by atoms with E-state index in [0.717, 1.165) is 11.3 Å². The summed E-state index contributed by atoms with van der Waals surface area (Å²) in [4.78, 5) is 4.34. The van der Waals surface area contributed by atoms with Crippen LogP contribution < -0.4 is 4.74 Å². The van der Waals surface area contributed by atoms with Gasteiger partial charge < -0.3 is 14.0 Å². The third-order valence-electron chi connectivity index (χ3n) is 4.34. The number of aromatic nitrogens is 2. The fourth-order valence-corrected chi connectivity index (χ4v) is 4.63. The zero-order valence-electron chi connectivity index (χ0n) is 14.7. The summed E-state index contributed by atoms with van der Waals surface area (Å²) in [5, 5.41) is 0. The van der Waals surface area contributed by atoms with E-state index in [0.29, 0.717) is 25.5 Å². The molecule has 25 heavy (non-hydrogen) atoms. The molecule has 136 valence electrons. The lowest BCUT2D eigenvalue weighted by Gasteiger charge is -2.33. The smallest absolute Gasteiger partial charge is 0.247 e. The second-order valence-corrected chi connectivity index (χ2v) is 7.96. The summed E-state index contributed by atoms with van der Waals surface area (Å²) in [6, 6.07) is 5.02. The zero-order chi connectivity index (χ0) is 18.0. The molecule has 0 saturated heterocycles. The van der Waals surface area contributed by atoms with Gasteiger partial charge >= 0.3 is 0 Å². The lowest BCUT2D eigenvalue weighted by atomic mass is 10.2. The van der Waals surface area contributed by atoms with Crippen molar-refractivity contribution in [1.29, 1.82) is 0 Å². The molecule has 3 rings (SSSR count). The second kappa shape index (κ2) is 7.15. The van der Waals surface area contributed by atoms with Crippen molar-refractivity contribution in [3.05, 3.63) is 42.0 Å². The highest BCUT2D eigenvalue weighted by molar-refractivity contribution is 7.89. The Morgan fingerprint density at radius 2 is 2.16 bits per heavy atom. The van der Waals surface area contributed by atoms with Gasteiger partial charge in [-0.15, -0.1) is 0 Å². The second-order valence-electron chi connectivity index (χ2n) is 6.06. The fourth-order valence-electron chi connectivity index (χ4n) is 3.05. The van der Waals surface area contributed by atoms with E-state index < -0.39 is 10.0 Å². The Morgan fingerprint density at radius 1 is 1.36 bits per heavy atom. The number of hydrogen-bond donors (Lipinski definition) is 0. The van der Waals surface area contributed by atoms with E-state index in [1.807, 2.05) is 18.4 Å². The predicted octanol–water partition coefficient (Wildman–Crippen LogP) is 1.98. The van der Waals surface area contributed by atoms with E-state index in [1.165, 1.54) is 11.4 Å². The first kappa shape index (κ1) is 17.9. The first-order valence-corrected chi connectivity index (χ1v) is 9.64. The number of benzene rings is 1. The maximum absolute atomic E-state index is 13.2. The lowest BCUT2D eigenvalue weighted by molar-refractivity contribution is 0.0953. The van der Waals surface area contributed by atoms with Crippen molar-refractivity contribution in [2.24, 2.45) is 0 Å². The van der Waals surface area contributed by atoms with Crippen LogP contribution in [0, 0.1) is 6.92 Å². The highest BCUT2D eigenvalue weighted by Crippen LogP contribution is 2.32. The van der Waals surface area contributed by atoms with Crippen LogP contribution in [0.5, 0.6) is 5.75 Å². The number of sulfonamides is 1. The number of imidazole rings is 1. The molecule has 2 aromatic rings. The van der Waals surface area contributed by atoms with Crippen LogP contribution in [-0.2, 0) is 21.3 Å². The molecular weight excluding hydrogens is 342 g/mol. The first-order chi connectivity index (χ1) is 12.0. The average Bonchev–Trinajstić information content (AvgIpc) is 3.07. The van der Waals surface area contributed by atoms with Gasteiger partial charge in [-0.25, -0.2) is 13.4 Å². The minimum absolute atomic E-state index is 0.0996. The number of methoxy groups -OCH3 is 1. The third-order valence-corrected chi connectivity index (χ3v) is 6.19. The Hall–Kier alpha value is -1.90. The van der Waals surface area contributed by atoms with Crippen molar-refractivity contribution in [3.8, 4) is 5.75 Å². The highest BCUT2D eigenvalue weighted by atomic mass is 32.2. The molecule has 1 atom stereocenters. The molecule has 0 N–H and O–H groups in total. The Bertz CT molecular complexity index is 847. The third kappa shape index (κ3) is 3.42. The highest BCUT2D eigenvalue weighted by Gasteiger charge is 2.35. The Kier molecular flexibility index (Phi) is 5.12. The molecular formula is C17H23N3O4S. The van der Waals surface area contributed by atoms with Gasteiger partial charge in [0, 0.05) is 19.3 Å². The van der Waals surface area contributed by atoms with Gasteiger partial charge in [0.05, 0.1) is 38.3 Å². The van der Waals surface area contributed by atoms with E-state index in [1.54, 1.807) is 30.7 Å². The topological polar surface area (TPSA) is 73.7 Å². The average molecular weight is 365 g/mol. The van der Waals surface area contributed by atoms with Crippen molar-refractivity contribution in [2.75, 3.05) is 26.9 Å². The van der Waals surface area contributed by atoms with Crippen LogP contribution in [0.4, 0.5) is 0 Å². The van der Waals surface area contributed by atoms with Gasteiger partial charge in [-0.1, -0.05) is 6.07 Å². The number of aryl methyl sites for hydroxylation is 1. The van der Waals surface area contributed by atoms with Crippen molar-refractivity contribution >= 4 is 10.0 Å². The summed E-state index contributed by atoms with van der Waals surface area (Å²) in [5.41, 5.74) is 1.80. The summed E-state index contributed by atoms with van der Waals surface area (Å²) >= 11 is 0. The van der Waals surface area contributed by atoms with Gasteiger partial charge in [-0.3, -0.25) is 0 Å². The minimum atomic E-state index is -3.69. The van der Waals surface area contributed by atoms with Crippen LogP contribution in [0.25, 0.3) is 0 Å². The van der Waals surface area contributed by atoms with Gasteiger partial charge in [-0.05, 0) is 31.5 Å². The normalized spacial score (nSPS) is 18.1. The molecule has 8 heteroatoms. The summed E-state index contributed by atoms with van der Waals surface area (Å²) in [5.74, 6) is 0.362. The molecule has 0 saturated carbocycles. The summed E-state index contributed by atoms with van der Waals surface area (Å²) in [7, 11) is -2.21. The standard InChI is InChI=1S/C17H23N3O4S/c1-4-24-11-15-10-19(9-14-8-18-12-20(14)15)25(21,22)17-6-5-13(2)7-16(17)23-3/h5-8,12,15H,4,9-11H2,1-3H3. The number of ether oxygens (including phenoxy) is 2. The molecule has 1 aromatic heterocycles. The number of hydrogen-bond acceptors (Lipinski definition) is 5. The molecule has 0 radical (unpaired) electrons. The summed E-state index contributed by atoms with van der Waals surface area (Å²) in [6.45, 7) is 5.46. The van der Waals surface area contributed by atoms with Crippen LogP contribution in [0.15, 0.2) is 35.6 Å². The van der Waals surface area contributed by atoms with Crippen LogP contribution in [0.2, 0.25) is 0 Å². The van der Waals surface area contributed by atoms with Crippen molar-refractivity contribution in [2.45, 2.75) is 31.3 Å². The fraction of sp³-hybridized carbons (Fsp3) is 0.471. The Morgan fingerprint density at radius 3 is 2.88 bits per heavy atom. The van der Waals surface area contributed by atoms with Gasteiger partial charge in [0.2, 0.25) is 10.0 Å². The number of nitrogens with zero attached hydrogens (tertiary/aromatic N) is 3. The Labute approximate surface area is 148 Å². The Balaban J connectivity index is 1.96. The van der Waals surface area contributed by atoms with E-state index in [9.17, 15) is 8.42 Å². The van der Waals surface area contributed by atoms with Crippen molar-refractivity contribution in [1.82, 2.24) is 13.9 Å². The summed E-state index contributed by atoms with van der Waals surface area (Å²) in [6.07, 6.45) is 3.43. The van der Waals surface area contributed by atoms with E-state index in [2.05, 4.69) is 4.98 Å². The van der Waals surface area contributed by atoms with Gasteiger partial charge in [0.1, 0.15) is 10.6 Å². The zero-order valence-corrected chi connectivity index (χ0v) is 15.5. The summed E-state index contributed by atoms with van der Waals surface area (Å²) < 4.78 is 40.7. The molecule has 1 aromatic carbocycles. The van der Waals surface area contributed by atoms with Crippen LogP contribution in [-0.4, -0.2) is 49.1 Å². The molecule has 1 aliphatic heterocycles. The van der Waals surface area contributed by atoms with Crippen LogP contribution in [0.1, 0.15) is 24.2 Å². The van der Waals surface area contributed by atoms with Gasteiger partial charge in [-0.2, -0.15) is 4.31 Å². The van der Waals surface area contributed by atoms with E-state index >= 15 is 0 Å². The van der Waals surface area contributed by atoms with Crippen LogP contribution >= 0.6 is 0 Å². The SMILES string of the molecule is CCOCC1CN(S(=O)(=O)c2ccc(C)cc2OC)Cc2cncn21. The maximum Gasteiger partial charge on any atom is 0.247 e.